The number of para-hydroxylation sites is 1. The van der Waals surface area contributed by atoms with E-state index in [1.807, 2.05) is 91.0 Å². The van der Waals surface area contributed by atoms with Crippen LogP contribution in [0.4, 0.5) is 5.69 Å². The van der Waals surface area contributed by atoms with Gasteiger partial charge in [0.2, 0.25) is 11.8 Å². The first-order chi connectivity index (χ1) is 30.7. The van der Waals surface area contributed by atoms with E-state index in [1.54, 1.807) is 0 Å². The molecule has 3 aromatic rings. The molecule has 1 heterocycles. The number of methoxy groups -OCH3 is 1. The normalized spacial score (nSPS) is 9.89. The monoisotopic (exact) mass is 906 g/mol. The van der Waals surface area contributed by atoms with Crippen LogP contribution < -0.4 is 33.2 Å². The molecule has 3 aromatic carbocycles. The van der Waals surface area contributed by atoms with E-state index >= 15 is 0 Å². The Morgan fingerprint density at radius 3 is 1.39 bits per heavy atom. The Morgan fingerprint density at radius 1 is 0.672 bits per heavy atom. The van der Waals surface area contributed by atoms with Crippen molar-refractivity contribution >= 4 is 59.4 Å². The molecule has 0 saturated carbocycles. The van der Waals surface area contributed by atoms with Gasteiger partial charge in [-0.1, -0.05) is 84.5 Å². The van der Waals surface area contributed by atoms with E-state index in [2.05, 4.69) is 35.4 Å². The minimum atomic E-state index is -0.714. The number of nitrogens with two attached hydrogens (primary N) is 2. The third-order valence-electron chi connectivity index (χ3n) is 6.70. The van der Waals surface area contributed by atoms with Crippen molar-refractivity contribution in [1.29, 1.82) is 0 Å². The number of aliphatic hydroxyl groups excluding tert-OH is 1. The summed E-state index contributed by atoms with van der Waals surface area (Å²) in [5.74, 6) is -2.62. The Bertz CT molecular complexity index is 1630. The zero-order chi connectivity index (χ0) is 49.4. The molecule has 1 aliphatic heterocycles. The number of amides is 3. The molecular formula is C42H62N6O16. The molecule has 0 spiro atoms. The standard InChI is InChI=1S/C11H12O3.C10H13NO3.C6H7N.C5H9NO3.C4H8N2O3.C4H4O3.CH5N.CH4O/c12-9-14-7-6-11(13)8-10-4-2-1-3-5-10;12-10(6-7-14-11-13)8-9-4-2-1-3-5-9;7-6-4-2-1-3-5-6;1-6-4(7)3-5(8)9-2;1-5-3(7)2-4(8)6-9;5-3-1-2-4(6)7-3;2*1-2/h1-5,9H,6-8H2;1-5,11,13H,6-8H2;1-5H,7H2;3H2,1-2H3,(H,6,7);9H,2H2,1H3,(H,5,7)(H,6,8);1-2H2;2H2,1H3;2H,1H3. The van der Waals surface area contributed by atoms with E-state index in [1.165, 1.54) is 39.4 Å². The summed E-state index contributed by atoms with van der Waals surface area (Å²) in [5.41, 5.74) is 15.5. The molecule has 3 amide bonds. The molecule has 1 aliphatic rings. The highest BCUT2D eigenvalue weighted by atomic mass is 16.8. The number of aliphatic hydroxyl groups is 1. The molecule has 22 nitrogen and oxygen atoms in total. The highest BCUT2D eigenvalue weighted by Gasteiger charge is 2.19. The minimum absolute atomic E-state index is 0.0815. The van der Waals surface area contributed by atoms with Crippen LogP contribution in [0.1, 0.15) is 49.7 Å². The Morgan fingerprint density at radius 2 is 1.08 bits per heavy atom. The van der Waals surface area contributed by atoms with Gasteiger partial charge in [-0.25, -0.2) is 5.48 Å². The van der Waals surface area contributed by atoms with Gasteiger partial charge in [0.15, 0.2) is 0 Å². The molecule has 11 N–H and O–H groups in total. The number of ether oxygens (including phenoxy) is 3. The molecule has 22 heteroatoms. The summed E-state index contributed by atoms with van der Waals surface area (Å²) >= 11 is 0. The molecular weight excluding hydrogens is 844 g/mol. The molecule has 356 valence electrons. The van der Waals surface area contributed by atoms with Crippen LogP contribution in [-0.2, 0) is 75.0 Å². The summed E-state index contributed by atoms with van der Waals surface area (Å²) in [6.45, 7) is 0.715. The van der Waals surface area contributed by atoms with E-state index in [9.17, 15) is 43.2 Å². The number of esters is 3. The summed E-state index contributed by atoms with van der Waals surface area (Å²) in [6.07, 6.45) is 1.38. The summed E-state index contributed by atoms with van der Waals surface area (Å²) < 4.78 is 12.7. The largest absolute Gasteiger partial charge is 0.469 e. The molecule has 0 aromatic heterocycles. The third kappa shape index (κ3) is 44.6. The number of Topliss-reactive ketones (excluding diaryl/α,β-unsaturated/α-hetero) is 2. The van der Waals surface area contributed by atoms with E-state index in [0.717, 1.165) is 23.9 Å². The van der Waals surface area contributed by atoms with Gasteiger partial charge in [0.05, 0.1) is 33.2 Å². The van der Waals surface area contributed by atoms with Crippen molar-refractivity contribution < 1.29 is 77.7 Å². The minimum Gasteiger partial charge on any atom is -0.469 e. The molecule has 0 bridgehead atoms. The molecule has 0 aliphatic carbocycles. The highest BCUT2D eigenvalue weighted by Crippen LogP contribution is 2.04. The van der Waals surface area contributed by atoms with Crippen molar-refractivity contribution in [1.82, 2.24) is 21.8 Å². The lowest BCUT2D eigenvalue weighted by Gasteiger charge is -2.00. The molecule has 1 fully saturated rings. The smallest absolute Gasteiger partial charge is 0.315 e. The van der Waals surface area contributed by atoms with Crippen LogP contribution in [0.2, 0.25) is 0 Å². The Balaban J connectivity index is -0.000000339. The van der Waals surface area contributed by atoms with Gasteiger partial charge < -0.3 is 41.4 Å². The number of hydrogen-bond acceptors (Lipinski definition) is 19. The van der Waals surface area contributed by atoms with Gasteiger partial charge >= 0.3 is 17.9 Å². The van der Waals surface area contributed by atoms with Crippen LogP contribution in [0.15, 0.2) is 91.0 Å². The molecule has 0 atom stereocenters. The van der Waals surface area contributed by atoms with E-state index in [0.29, 0.717) is 25.7 Å². The summed E-state index contributed by atoms with van der Waals surface area (Å²) in [7, 11) is 6.61. The summed E-state index contributed by atoms with van der Waals surface area (Å²) in [5, 5.41) is 27.5. The van der Waals surface area contributed by atoms with Crippen molar-refractivity contribution in [2.45, 2.75) is 51.4 Å². The number of anilines is 1. The lowest BCUT2D eigenvalue weighted by atomic mass is 10.1. The Kier molecular flexibility index (Phi) is 46.9. The van der Waals surface area contributed by atoms with Crippen molar-refractivity contribution in [3.63, 3.8) is 0 Å². The fourth-order valence-corrected chi connectivity index (χ4v) is 3.71. The quantitative estimate of drug-likeness (QED) is 0.0139. The predicted molar refractivity (Wildman–Crippen MR) is 231 cm³/mol. The number of rotatable bonds is 16. The topological polar surface area (TPSA) is 351 Å². The molecule has 64 heavy (non-hydrogen) atoms. The van der Waals surface area contributed by atoms with Crippen LogP contribution in [0.25, 0.3) is 0 Å². The number of hydrogen-bond donors (Lipinski definition) is 9. The molecule has 4 rings (SSSR count). The maximum Gasteiger partial charge on any atom is 0.315 e. The number of nitrogens with one attached hydrogen (secondary N) is 4. The van der Waals surface area contributed by atoms with Gasteiger partial charge in [0.1, 0.15) is 24.4 Å². The first-order valence-corrected chi connectivity index (χ1v) is 18.9. The maximum atomic E-state index is 11.3. The van der Waals surface area contributed by atoms with Crippen LogP contribution in [0, 0.1) is 0 Å². The Labute approximate surface area is 371 Å². The van der Waals surface area contributed by atoms with Gasteiger partial charge in [-0.3, -0.25) is 58.4 Å². The highest BCUT2D eigenvalue weighted by molar-refractivity contribution is 5.96. The lowest BCUT2D eigenvalue weighted by Crippen LogP contribution is -2.27. The second-order valence-electron chi connectivity index (χ2n) is 11.4. The first kappa shape index (κ1) is 63.7. The number of carbonyl (C=O) groups is 9. The number of nitrogen functional groups attached to an aromatic ring is 1. The van der Waals surface area contributed by atoms with Crippen molar-refractivity contribution in [3.05, 3.63) is 102 Å². The number of hydroxylamine groups is 1. The van der Waals surface area contributed by atoms with Crippen LogP contribution >= 0.6 is 0 Å². The van der Waals surface area contributed by atoms with Gasteiger partial charge in [-0.05, 0) is 30.3 Å². The number of carbonyl (C=O) groups excluding carboxylic acids is 9. The van der Waals surface area contributed by atoms with Crippen molar-refractivity contribution in [2.24, 2.45) is 5.73 Å². The second-order valence-corrected chi connectivity index (χ2v) is 11.4. The zero-order valence-electron chi connectivity index (χ0n) is 36.6. The maximum absolute atomic E-state index is 11.3. The van der Waals surface area contributed by atoms with E-state index < -0.39 is 29.7 Å². The van der Waals surface area contributed by atoms with E-state index in [-0.39, 0.29) is 62.8 Å². The number of benzene rings is 3. The number of cyclic esters (lactones) is 2. The SMILES string of the molecule is CN.CNC(=O)CC(=O)NO.CNC(=O)CC(=O)OC.CO.Nc1ccccc1.O=C(CCONO)Cc1ccccc1.O=C1CCC(=O)O1.O=COCCC(=O)Cc1ccccc1. The third-order valence-corrected chi connectivity index (χ3v) is 6.70. The summed E-state index contributed by atoms with van der Waals surface area (Å²) in [4.78, 5) is 98.0. The zero-order valence-corrected chi connectivity index (χ0v) is 36.6. The second kappa shape index (κ2) is 47.1. The summed E-state index contributed by atoms with van der Waals surface area (Å²) in [6, 6.07) is 28.5. The van der Waals surface area contributed by atoms with Crippen LogP contribution in [0.5, 0.6) is 0 Å². The van der Waals surface area contributed by atoms with Crippen molar-refractivity contribution in [2.75, 3.05) is 54.3 Å². The van der Waals surface area contributed by atoms with Gasteiger partial charge in [-0.15, -0.1) is 0 Å². The lowest BCUT2D eigenvalue weighted by molar-refractivity contribution is -0.152. The van der Waals surface area contributed by atoms with Gasteiger partial charge in [0, 0.05) is 52.6 Å². The fourth-order valence-electron chi connectivity index (χ4n) is 3.71. The average Bonchev–Trinajstić information content (AvgIpc) is 3.71. The fraction of sp³-hybridized carbons (Fsp3) is 0.357. The van der Waals surface area contributed by atoms with Crippen LogP contribution in [0.3, 0.4) is 0 Å². The average molecular weight is 907 g/mol. The van der Waals surface area contributed by atoms with Gasteiger partial charge in [-0.2, -0.15) is 0 Å². The first-order valence-electron chi connectivity index (χ1n) is 18.9. The molecule has 1 saturated heterocycles. The number of ketones is 2. The molecule has 0 unspecified atom stereocenters. The predicted octanol–water partition coefficient (Wildman–Crippen LogP) is 0.686. The van der Waals surface area contributed by atoms with Crippen LogP contribution in [-0.4, -0.2) is 118 Å². The van der Waals surface area contributed by atoms with E-state index in [4.69, 9.17) is 21.3 Å². The van der Waals surface area contributed by atoms with Gasteiger partial charge in [0.25, 0.3) is 12.4 Å². The van der Waals surface area contributed by atoms with Crippen molar-refractivity contribution in [3.8, 4) is 0 Å². The Hall–Kier alpha value is -6.95. The molecule has 0 radical (unpaired) electrons.